The SMILES string of the molecule is CC(=O)CC(C)(c1ccc(O)cc1)c1ccc(O)cc1. The Hall–Kier alpha value is -2.29. The average molecular weight is 270 g/mol. The first kappa shape index (κ1) is 14.1. The quantitative estimate of drug-likeness (QED) is 0.895. The first-order valence-corrected chi connectivity index (χ1v) is 6.50. The number of benzene rings is 2. The van der Waals surface area contributed by atoms with Gasteiger partial charge in [-0.2, -0.15) is 0 Å². The molecule has 2 N–H and O–H groups in total. The third-order valence-electron chi connectivity index (χ3n) is 3.61. The van der Waals surface area contributed by atoms with Gasteiger partial charge in [-0.3, -0.25) is 4.79 Å². The standard InChI is InChI=1S/C17H18O3/c1-12(18)11-17(2,13-3-7-15(19)8-4-13)14-5-9-16(20)10-6-14/h3-10,19-20H,11H2,1-2H3. The van der Waals surface area contributed by atoms with Crippen LogP contribution in [-0.2, 0) is 10.2 Å². The lowest BCUT2D eigenvalue weighted by Gasteiger charge is -2.30. The number of carbonyl (C=O) groups excluding carboxylic acids is 1. The first-order valence-electron chi connectivity index (χ1n) is 6.50. The third-order valence-corrected chi connectivity index (χ3v) is 3.61. The summed E-state index contributed by atoms with van der Waals surface area (Å²) in [6.45, 7) is 3.56. The number of phenols is 2. The molecule has 104 valence electrons. The van der Waals surface area contributed by atoms with Crippen LogP contribution in [0.4, 0.5) is 0 Å². The lowest BCUT2D eigenvalue weighted by Crippen LogP contribution is -2.26. The predicted octanol–water partition coefficient (Wildman–Crippen LogP) is 3.38. The van der Waals surface area contributed by atoms with Crippen LogP contribution in [0.5, 0.6) is 11.5 Å². The van der Waals surface area contributed by atoms with Gasteiger partial charge < -0.3 is 10.2 Å². The molecule has 3 heteroatoms. The summed E-state index contributed by atoms with van der Waals surface area (Å²) in [6, 6.07) is 13.8. The zero-order valence-electron chi connectivity index (χ0n) is 11.6. The number of phenolic OH excluding ortho intramolecular Hbond substituents is 2. The predicted molar refractivity (Wildman–Crippen MR) is 78.0 cm³/mol. The Labute approximate surface area is 118 Å². The summed E-state index contributed by atoms with van der Waals surface area (Å²) in [5, 5.41) is 18.8. The van der Waals surface area contributed by atoms with E-state index in [4.69, 9.17) is 0 Å². The van der Waals surface area contributed by atoms with Crippen molar-refractivity contribution in [3.05, 3.63) is 59.7 Å². The molecule has 0 saturated heterocycles. The molecule has 0 aromatic heterocycles. The molecule has 0 bridgehead atoms. The molecule has 20 heavy (non-hydrogen) atoms. The minimum Gasteiger partial charge on any atom is -0.508 e. The molecule has 0 unspecified atom stereocenters. The van der Waals surface area contributed by atoms with E-state index in [-0.39, 0.29) is 17.3 Å². The van der Waals surface area contributed by atoms with Crippen molar-refractivity contribution in [1.29, 1.82) is 0 Å². The fourth-order valence-corrected chi connectivity index (χ4v) is 2.53. The minimum absolute atomic E-state index is 0.0913. The van der Waals surface area contributed by atoms with Crippen LogP contribution < -0.4 is 0 Å². The Kier molecular flexibility index (Phi) is 3.79. The molecule has 0 saturated carbocycles. The minimum atomic E-state index is -0.479. The van der Waals surface area contributed by atoms with Gasteiger partial charge in [-0.15, -0.1) is 0 Å². The fraction of sp³-hybridized carbons (Fsp3) is 0.235. The van der Waals surface area contributed by atoms with Crippen LogP contribution in [-0.4, -0.2) is 16.0 Å². The van der Waals surface area contributed by atoms with Crippen molar-refractivity contribution < 1.29 is 15.0 Å². The molecule has 0 spiro atoms. The molecular weight excluding hydrogens is 252 g/mol. The van der Waals surface area contributed by atoms with Gasteiger partial charge in [0.15, 0.2) is 0 Å². The Balaban J connectivity index is 2.52. The average Bonchev–Trinajstić information content (AvgIpc) is 2.39. The second-order valence-electron chi connectivity index (χ2n) is 5.30. The summed E-state index contributed by atoms with van der Waals surface area (Å²) in [7, 11) is 0. The molecule has 0 aliphatic carbocycles. The summed E-state index contributed by atoms with van der Waals surface area (Å²) >= 11 is 0. The van der Waals surface area contributed by atoms with Crippen LogP contribution in [0, 0.1) is 0 Å². The zero-order chi connectivity index (χ0) is 14.8. The number of hydrogen-bond donors (Lipinski definition) is 2. The van der Waals surface area contributed by atoms with E-state index in [1.807, 2.05) is 31.2 Å². The molecule has 0 aliphatic heterocycles. The molecule has 0 atom stereocenters. The van der Waals surface area contributed by atoms with Crippen molar-refractivity contribution >= 4 is 5.78 Å². The fourth-order valence-electron chi connectivity index (χ4n) is 2.53. The van der Waals surface area contributed by atoms with Crippen molar-refractivity contribution in [2.24, 2.45) is 0 Å². The highest BCUT2D eigenvalue weighted by Crippen LogP contribution is 2.36. The van der Waals surface area contributed by atoms with Gasteiger partial charge in [0.25, 0.3) is 0 Å². The maximum Gasteiger partial charge on any atom is 0.131 e. The molecule has 3 nitrogen and oxygen atoms in total. The van der Waals surface area contributed by atoms with Gasteiger partial charge in [-0.05, 0) is 42.3 Å². The van der Waals surface area contributed by atoms with Gasteiger partial charge in [-0.1, -0.05) is 31.2 Å². The molecule has 0 amide bonds. The zero-order valence-corrected chi connectivity index (χ0v) is 11.6. The monoisotopic (exact) mass is 270 g/mol. The lowest BCUT2D eigenvalue weighted by molar-refractivity contribution is -0.117. The lowest BCUT2D eigenvalue weighted by atomic mass is 9.73. The molecule has 2 rings (SSSR count). The number of carbonyl (C=O) groups is 1. The van der Waals surface area contributed by atoms with E-state index in [1.54, 1.807) is 31.2 Å². The normalized spacial score (nSPS) is 11.3. The molecule has 0 radical (unpaired) electrons. The van der Waals surface area contributed by atoms with Crippen LogP contribution in [0.2, 0.25) is 0 Å². The first-order chi connectivity index (χ1) is 9.41. The van der Waals surface area contributed by atoms with E-state index in [1.165, 1.54) is 0 Å². The molecule has 0 aliphatic rings. The van der Waals surface area contributed by atoms with E-state index < -0.39 is 5.41 Å². The highest BCUT2D eigenvalue weighted by Gasteiger charge is 2.30. The van der Waals surface area contributed by atoms with Crippen LogP contribution in [0.25, 0.3) is 0 Å². The summed E-state index contributed by atoms with van der Waals surface area (Å²) in [4.78, 5) is 11.6. The molecular formula is C17H18O3. The van der Waals surface area contributed by atoms with Gasteiger partial charge in [0.2, 0.25) is 0 Å². The van der Waals surface area contributed by atoms with Gasteiger partial charge in [0, 0.05) is 11.8 Å². The van der Waals surface area contributed by atoms with E-state index in [9.17, 15) is 15.0 Å². The van der Waals surface area contributed by atoms with Crippen molar-refractivity contribution in [2.75, 3.05) is 0 Å². The van der Waals surface area contributed by atoms with Crippen LogP contribution in [0.3, 0.4) is 0 Å². The summed E-state index contributed by atoms with van der Waals surface area (Å²) in [6.07, 6.45) is 0.364. The highest BCUT2D eigenvalue weighted by atomic mass is 16.3. The summed E-state index contributed by atoms with van der Waals surface area (Å²) in [5.74, 6) is 0.489. The number of hydrogen-bond acceptors (Lipinski definition) is 3. The largest absolute Gasteiger partial charge is 0.508 e. The van der Waals surface area contributed by atoms with Crippen molar-refractivity contribution in [3.63, 3.8) is 0 Å². The van der Waals surface area contributed by atoms with Gasteiger partial charge in [-0.25, -0.2) is 0 Å². The Morgan fingerprint density at radius 1 is 0.900 bits per heavy atom. The van der Waals surface area contributed by atoms with Crippen LogP contribution in [0.1, 0.15) is 31.4 Å². The maximum absolute atomic E-state index is 11.6. The summed E-state index contributed by atoms with van der Waals surface area (Å²) < 4.78 is 0. The van der Waals surface area contributed by atoms with E-state index in [0.29, 0.717) is 6.42 Å². The van der Waals surface area contributed by atoms with Crippen molar-refractivity contribution in [1.82, 2.24) is 0 Å². The van der Waals surface area contributed by atoms with Gasteiger partial charge >= 0.3 is 0 Å². The van der Waals surface area contributed by atoms with Gasteiger partial charge in [0.1, 0.15) is 17.3 Å². The molecule has 2 aromatic rings. The van der Waals surface area contributed by atoms with E-state index in [0.717, 1.165) is 11.1 Å². The van der Waals surface area contributed by atoms with E-state index >= 15 is 0 Å². The Bertz CT molecular complexity index is 552. The molecule has 2 aromatic carbocycles. The van der Waals surface area contributed by atoms with Gasteiger partial charge in [0.05, 0.1) is 0 Å². The van der Waals surface area contributed by atoms with E-state index in [2.05, 4.69) is 0 Å². The number of Topliss-reactive ketones (excluding diaryl/α,β-unsaturated/α-hetero) is 1. The maximum atomic E-state index is 11.6. The summed E-state index contributed by atoms with van der Waals surface area (Å²) in [5.41, 5.74) is 1.43. The molecule has 0 fully saturated rings. The van der Waals surface area contributed by atoms with Crippen molar-refractivity contribution in [3.8, 4) is 11.5 Å². The second kappa shape index (κ2) is 5.37. The van der Waals surface area contributed by atoms with Crippen LogP contribution >= 0.6 is 0 Å². The van der Waals surface area contributed by atoms with Crippen molar-refractivity contribution in [2.45, 2.75) is 25.7 Å². The van der Waals surface area contributed by atoms with Crippen LogP contribution in [0.15, 0.2) is 48.5 Å². The Morgan fingerprint density at radius 3 is 1.55 bits per heavy atom. The number of ketones is 1. The smallest absolute Gasteiger partial charge is 0.131 e. The second-order valence-corrected chi connectivity index (χ2v) is 5.30. The number of aromatic hydroxyl groups is 2. The third kappa shape index (κ3) is 2.82. The molecule has 0 heterocycles. The Morgan fingerprint density at radius 2 is 1.25 bits per heavy atom. The number of rotatable bonds is 4. The topological polar surface area (TPSA) is 57.5 Å². The highest BCUT2D eigenvalue weighted by molar-refractivity contribution is 5.78.